The Bertz CT molecular complexity index is 686. The minimum absolute atomic E-state index is 0.135. The summed E-state index contributed by atoms with van der Waals surface area (Å²) >= 11 is 3.11. The van der Waals surface area contributed by atoms with Gasteiger partial charge in [-0.1, -0.05) is 24.3 Å². The fourth-order valence-electron chi connectivity index (χ4n) is 2.73. The maximum absolute atomic E-state index is 13.2. The summed E-state index contributed by atoms with van der Waals surface area (Å²) < 4.78 is 13.5. The molecule has 1 unspecified atom stereocenters. The Labute approximate surface area is 131 Å². The number of halogens is 2. The molecular weight excluding hydrogens is 333 g/mol. The van der Waals surface area contributed by atoms with Gasteiger partial charge in [0.25, 0.3) is 5.91 Å². The van der Waals surface area contributed by atoms with E-state index in [1.807, 2.05) is 12.1 Å². The van der Waals surface area contributed by atoms with E-state index in [1.165, 1.54) is 29.3 Å². The van der Waals surface area contributed by atoms with E-state index >= 15 is 0 Å². The molecule has 0 saturated carbocycles. The Morgan fingerprint density at radius 2 is 1.95 bits per heavy atom. The first-order chi connectivity index (χ1) is 10.1. The molecule has 3 rings (SSSR count). The molecule has 2 aromatic carbocycles. The zero-order valence-corrected chi connectivity index (χ0v) is 13.0. The van der Waals surface area contributed by atoms with Crippen LogP contribution in [-0.2, 0) is 12.8 Å². The van der Waals surface area contributed by atoms with Crippen molar-refractivity contribution in [2.45, 2.75) is 25.3 Å². The summed E-state index contributed by atoms with van der Waals surface area (Å²) in [5.74, 6) is -0.516. The minimum atomic E-state index is -0.363. The molecule has 2 aromatic rings. The summed E-state index contributed by atoms with van der Waals surface area (Å²) in [7, 11) is 0. The van der Waals surface area contributed by atoms with Crippen LogP contribution in [-0.4, -0.2) is 11.9 Å². The van der Waals surface area contributed by atoms with E-state index in [0.29, 0.717) is 10.0 Å². The second-order valence-corrected chi connectivity index (χ2v) is 6.17. The lowest BCUT2D eigenvalue weighted by Crippen LogP contribution is -2.38. The molecule has 1 aliphatic carbocycles. The Morgan fingerprint density at radius 1 is 1.19 bits per heavy atom. The van der Waals surface area contributed by atoms with Crippen LogP contribution in [0.3, 0.4) is 0 Å². The molecule has 1 N–H and O–H groups in total. The summed E-state index contributed by atoms with van der Waals surface area (Å²) in [6, 6.07) is 12.8. The SMILES string of the molecule is O=C(NC1CCc2ccccc2C1)c1ccc(F)c(Br)c1. The maximum atomic E-state index is 13.2. The molecule has 0 saturated heterocycles. The van der Waals surface area contributed by atoms with Gasteiger partial charge < -0.3 is 5.32 Å². The van der Waals surface area contributed by atoms with Gasteiger partial charge in [0.2, 0.25) is 0 Å². The van der Waals surface area contributed by atoms with Crippen LogP contribution < -0.4 is 5.32 Å². The average Bonchev–Trinajstić information content (AvgIpc) is 2.50. The minimum Gasteiger partial charge on any atom is -0.349 e. The highest BCUT2D eigenvalue weighted by molar-refractivity contribution is 9.10. The molecule has 0 heterocycles. The van der Waals surface area contributed by atoms with Crippen molar-refractivity contribution in [1.82, 2.24) is 5.32 Å². The summed E-state index contributed by atoms with van der Waals surface area (Å²) in [5.41, 5.74) is 3.14. The maximum Gasteiger partial charge on any atom is 0.251 e. The standard InChI is InChI=1S/C17H15BrFNO/c18-15-10-13(6-8-16(15)19)17(21)20-14-7-5-11-3-1-2-4-12(11)9-14/h1-4,6,8,10,14H,5,7,9H2,(H,20,21). The summed E-state index contributed by atoms with van der Waals surface area (Å²) in [4.78, 5) is 12.2. The van der Waals surface area contributed by atoms with E-state index in [0.717, 1.165) is 19.3 Å². The van der Waals surface area contributed by atoms with E-state index < -0.39 is 0 Å². The number of hydrogen-bond donors (Lipinski definition) is 1. The third-order valence-corrected chi connectivity index (χ3v) is 4.47. The number of carbonyl (C=O) groups is 1. The number of hydrogen-bond acceptors (Lipinski definition) is 1. The second kappa shape index (κ2) is 5.98. The Morgan fingerprint density at radius 3 is 2.71 bits per heavy atom. The Kier molecular flexibility index (Phi) is 4.06. The zero-order chi connectivity index (χ0) is 14.8. The van der Waals surface area contributed by atoms with Gasteiger partial charge in [-0.3, -0.25) is 4.79 Å². The van der Waals surface area contributed by atoms with Crippen molar-refractivity contribution in [3.63, 3.8) is 0 Å². The number of nitrogens with one attached hydrogen (secondary N) is 1. The van der Waals surface area contributed by atoms with E-state index in [4.69, 9.17) is 0 Å². The molecule has 2 nitrogen and oxygen atoms in total. The van der Waals surface area contributed by atoms with Gasteiger partial charge in [-0.05, 0) is 64.5 Å². The van der Waals surface area contributed by atoms with Gasteiger partial charge in [-0.25, -0.2) is 4.39 Å². The molecule has 1 atom stereocenters. The van der Waals surface area contributed by atoms with Crippen LogP contribution in [0.15, 0.2) is 46.9 Å². The lowest BCUT2D eigenvalue weighted by Gasteiger charge is -2.25. The largest absolute Gasteiger partial charge is 0.349 e. The van der Waals surface area contributed by atoms with Crippen molar-refractivity contribution >= 4 is 21.8 Å². The van der Waals surface area contributed by atoms with Crippen molar-refractivity contribution in [3.05, 3.63) is 69.4 Å². The van der Waals surface area contributed by atoms with Crippen LogP contribution in [0.25, 0.3) is 0 Å². The molecule has 0 bridgehead atoms. The zero-order valence-electron chi connectivity index (χ0n) is 11.4. The molecule has 1 amide bonds. The summed E-state index contributed by atoms with van der Waals surface area (Å²) in [5, 5.41) is 3.04. The molecule has 0 radical (unpaired) electrons. The van der Waals surface area contributed by atoms with Crippen LogP contribution in [0.1, 0.15) is 27.9 Å². The fraction of sp³-hybridized carbons (Fsp3) is 0.235. The number of amides is 1. The topological polar surface area (TPSA) is 29.1 Å². The number of fused-ring (bicyclic) bond motifs is 1. The van der Waals surface area contributed by atoms with Gasteiger partial charge in [0.15, 0.2) is 0 Å². The third-order valence-electron chi connectivity index (χ3n) is 3.86. The normalized spacial score (nSPS) is 17.1. The van der Waals surface area contributed by atoms with Gasteiger partial charge in [-0.15, -0.1) is 0 Å². The molecule has 0 spiro atoms. The quantitative estimate of drug-likeness (QED) is 0.877. The van der Waals surface area contributed by atoms with Crippen molar-refractivity contribution in [3.8, 4) is 0 Å². The highest BCUT2D eigenvalue weighted by Crippen LogP contribution is 2.22. The van der Waals surface area contributed by atoms with Crippen molar-refractivity contribution in [2.24, 2.45) is 0 Å². The number of benzene rings is 2. The molecule has 0 aromatic heterocycles. The van der Waals surface area contributed by atoms with Crippen molar-refractivity contribution in [2.75, 3.05) is 0 Å². The van der Waals surface area contributed by atoms with Crippen LogP contribution in [0.4, 0.5) is 4.39 Å². The highest BCUT2D eigenvalue weighted by atomic mass is 79.9. The highest BCUT2D eigenvalue weighted by Gasteiger charge is 2.20. The number of rotatable bonds is 2. The first kappa shape index (κ1) is 14.3. The fourth-order valence-corrected chi connectivity index (χ4v) is 3.11. The van der Waals surface area contributed by atoms with Crippen LogP contribution in [0, 0.1) is 5.82 Å². The van der Waals surface area contributed by atoms with Gasteiger partial charge in [0, 0.05) is 11.6 Å². The first-order valence-corrected chi connectivity index (χ1v) is 7.75. The number of carbonyl (C=O) groups excluding carboxylic acids is 1. The molecule has 1 aliphatic rings. The first-order valence-electron chi connectivity index (χ1n) is 6.96. The molecule has 108 valence electrons. The van der Waals surface area contributed by atoms with Crippen LogP contribution in [0.2, 0.25) is 0 Å². The van der Waals surface area contributed by atoms with E-state index in [-0.39, 0.29) is 17.8 Å². The second-order valence-electron chi connectivity index (χ2n) is 5.31. The van der Waals surface area contributed by atoms with Gasteiger partial charge in [0.05, 0.1) is 4.47 Å². The predicted octanol–water partition coefficient (Wildman–Crippen LogP) is 3.88. The van der Waals surface area contributed by atoms with Gasteiger partial charge in [-0.2, -0.15) is 0 Å². The summed E-state index contributed by atoms with van der Waals surface area (Å²) in [6.45, 7) is 0. The lowest BCUT2D eigenvalue weighted by molar-refractivity contribution is 0.0933. The average molecular weight is 348 g/mol. The van der Waals surface area contributed by atoms with E-state index in [1.54, 1.807) is 0 Å². The van der Waals surface area contributed by atoms with E-state index in [2.05, 4.69) is 33.4 Å². The monoisotopic (exact) mass is 347 g/mol. The lowest BCUT2D eigenvalue weighted by atomic mass is 9.88. The van der Waals surface area contributed by atoms with Crippen molar-refractivity contribution < 1.29 is 9.18 Å². The number of aryl methyl sites for hydroxylation is 1. The van der Waals surface area contributed by atoms with E-state index in [9.17, 15) is 9.18 Å². The van der Waals surface area contributed by atoms with Gasteiger partial charge >= 0.3 is 0 Å². The summed E-state index contributed by atoms with van der Waals surface area (Å²) in [6.07, 6.45) is 2.77. The molecule has 21 heavy (non-hydrogen) atoms. The van der Waals surface area contributed by atoms with Crippen molar-refractivity contribution in [1.29, 1.82) is 0 Å². The third kappa shape index (κ3) is 3.16. The van der Waals surface area contributed by atoms with Gasteiger partial charge in [0.1, 0.15) is 5.82 Å². The van der Waals surface area contributed by atoms with Crippen LogP contribution in [0.5, 0.6) is 0 Å². The predicted molar refractivity (Wildman–Crippen MR) is 83.8 cm³/mol. The van der Waals surface area contributed by atoms with Crippen LogP contribution >= 0.6 is 15.9 Å². The molecule has 0 fully saturated rings. The molecule has 0 aliphatic heterocycles. The smallest absolute Gasteiger partial charge is 0.251 e. The Hall–Kier alpha value is -1.68. The Balaban J connectivity index is 1.70. The molecule has 4 heteroatoms. The molecular formula is C17H15BrFNO.